The highest BCUT2D eigenvalue weighted by atomic mass is 79.9. The van der Waals surface area contributed by atoms with Crippen LogP contribution in [0.15, 0.2) is 65.1 Å². The molecule has 0 bridgehead atoms. The Morgan fingerprint density at radius 3 is 2.50 bits per heavy atom. The average Bonchev–Trinajstić information content (AvgIpc) is 2.80. The van der Waals surface area contributed by atoms with E-state index in [0.29, 0.717) is 11.5 Å². The van der Waals surface area contributed by atoms with Crippen molar-refractivity contribution in [1.82, 2.24) is 10.2 Å². The molecule has 6 nitrogen and oxygen atoms in total. The molecule has 180 valence electrons. The van der Waals surface area contributed by atoms with Crippen molar-refractivity contribution in [1.29, 1.82) is 0 Å². The van der Waals surface area contributed by atoms with Gasteiger partial charge in [-0.15, -0.1) is 0 Å². The molecule has 0 unspecified atom stereocenters. The molecule has 7 heteroatoms. The predicted octanol–water partition coefficient (Wildman–Crippen LogP) is 5.32. The van der Waals surface area contributed by atoms with Crippen LogP contribution < -0.4 is 14.8 Å². The molecular formula is C27H31BrN2O4. The molecule has 0 spiro atoms. The Morgan fingerprint density at radius 1 is 1.06 bits per heavy atom. The second kappa shape index (κ2) is 10.9. The summed E-state index contributed by atoms with van der Waals surface area (Å²) < 4.78 is 12.0. The third-order valence-electron chi connectivity index (χ3n) is 5.33. The van der Waals surface area contributed by atoms with Gasteiger partial charge in [-0.05, 0) is 78.2 Å². The SMILES string of the molecule is COc1cccc(CN(C(=O)COc2ccc3ccccc3c2Br)[C@H](C)C(=O)NC(C)(C)C)c1. The van der Waals surface area contributed by atoms with E-state index < -0.39 is 11.6 Å². The number of hydrogen-bond donors (Lipinski definition) is 1. The Bertz CT molecular complexity index is 1170. The minimum absolute atomic E-state index is 0.200. The van der Waals surface area contributed by atoms with Gasteiger partial charge in [-0.3, -0.25) is 9.59 Å². The largest absolute Gasteiger partial charge is 0.497 e. The summed E-state index contributed by atoms with van der Waals surface area (Å²) >= 11 is 3.60. The van der Waals surface area contributed by atoms with Gasteiger partial charge in [0.1, 0.15) is 17.5 Å². The van der Waals surface area contributed by atoms with Crippen LogP contribution in [0.5, 0.6) is 11.5 Å². The van der Waals surface area contributed by atoms with Crippen molar-refractivity contribution >= 4 is 38.5 Å². The topological polar surface area (TPSA) is 67.9 Å². The maximum Gasteiger partial charge on any atom is 0.261 e. The number of fused-ring (bicyclic) bond motifs is 1. The number of hydrogen-bond acceptors (Lipinski definition) is 4. The van der Waals surface area contributed by atoms with Gasteiger partial charge in [0.15, 0.2) is 6.61 Å². The molecule has 3 aromatic rings. The lowest BCUT2D eigenvalue weighted by Gasteiger charge is -2.31. The Hall–Kier alpha value is -3.06. The first kappa shape index (κ1) is 25.6. The molecule has 0 aliphatic carbocycles. The van der Waals surface area contributed by atoms with Crippen LogP contribution in [-0.4, -0.2) is 42.0 Å². The molecule has 0 saturated heterocycles. The lowest BCUT2D eigenvalue weighted by atomic mass is 10.1. The molecule has 34 heavy (non-hydrogen) atoms. The lowest BCUT2D eigenvalue weighted by molar-refractivity contribution is -0.142. The van der Waals surface area contributed by atoms with E-state index in [4.69, 9.17) is 9.47 Å². The van der Waals surface area contributed by atoms with Crippen LogP contribution in [-0.2, 0) is 16.1 Å². The Kier molecular flexibility index (Phi) is 8.20. The first-order valence-corrected chi connectivity index (χ1v) is 11.9. The van der Waals surface area contributed by atoms with Crippen molar-refractivity contribution in [2.75, 3.05) is 13.7 Å². The predicted molar refractivity (Wildman–Crippen MR) is 138 cm³/mol. The molecule has 0 saturated carbocycles. The molecule has 3 aromatic carbocycles. The Labute approximate surface area is 209 Å². The zero-order valence-corrected chi connectivity index (χ0v) is 21.8. The van der Waals surface area contributed by atoms with E-state index in [1.54, 1.807) is 14.0 Å². The fraction of sp³-hybridized carbons (Fsp3) is 0.333. The first-order valence-electron chi connectivity index (χ1n) is 11.1. The zero-order chi connectivity index (χ0) is 24.9. The van der Waals surface area contributed by atoms with Gasteiger partial charge < -0.3 is 19.7 Å². The molecule has 0 aromatic heterocycles. The van der Waals surface area contributed by atoms with Crippen LogP contribution >= 0.6 is 15.9 Å². The van der Waals surface area contributed by atoms with Crippen LogP contribution in [0.1, 0.15) is 33.3 Å². The van der Waals surface area contributed by atoms with E-state index in [9.17, 15) is 9.59 Å². The van der Waals surface area contributed by atoms with Gasteiger partial charge in [0.2, 0.25) is 5.91 Å². The summed E-state index contributed by atoms with van der Waals surface area (Å²) in [5, 5.41) is 5.03. The monoisotopic (exact) mass is 526 g/mol. The maximum atomic E-state index is 13.3. The highest BCUT2D eigenvalue weighted by Gasteiger charge is 2.29. The number of nitrogens with one attached hydrogen (secondary N) is 1. The van der Waals surface area contributed by atoms with Gasteiger partial charge in [0, 0.05) is 12.1 Å². The van der Waals surface area contributed by atoms with Gasteiger partial charge >= 0.3 is 0 Å². The smallest absolute Gasteiger partial charge is 0.261 e. The summed E-state index contributed by atoms with van der Waals surface area (Å²) in [5.41, 5.74) is 0.442. The minimum Gasteiger partial charge on any atom is -0.497 e. The number of amides is 2. The van der Waals surface area contributed by atoms with Gasteiger partial charge in [-0.1, -0.05) is 42.5 Å². The molecule has 0 aliphatic heterocycles. The van der Waals surface area contributed by atoms with E-state index in [0.717, 1.165) is 20.8 Å². The van der Waals surface area contributed by atoms with Crippen LogP contribution in [0.25, 0.3) is 10.8 Å². The normalized spacial score (nSPS) is 12.2. The van der Waals surface area contributed by atoms with E-state index in [2.05, 4.69) is 21.2 Å². The quantitative estimate of drug-likeness (QED) is 0.431. The van der Waals surface area contributed by atoms with E-state index in [1.807, 2.05) is 81.4 Å². The van der Waals surface area contributed by atoms with E-state index in [-0.39, 0.29) is 25.0 Å². The number of benzene rings is 3. The van der Waals surface area contributed by atoms with Crippen molar-refractivity contribution in [2.45, 2.75) is 45.8 Å². The lowest BCUT2D eigenvalue weighted by Crippen LogP contribution is -2.53. The van der Waals surface area contributed by atoms with Crippen LogP contribution in [0, 0.1) is 0 Å². The third-order valence-corrected chi connectivity index (χ3v) is 6.15. The number of carbonyl (C=O) groups is 2. The van der Waals surface area contributed by atoms with Gasteiger partial charge in [0.25, 0.3) is 5.91 Å². The van der Waals surface area contributed by atoms with Crippen molar-refractivity contribution in [3.8, 4) is 11.5 Å². The number of ether oxygens (including phenoxy) is 2. The van der Waals surface area contributed by atoms with Crippen molar-refractivity contribution in [3.63, 3.8) is 0 Å². The zero-order valence-electron chi connectivity index (χ0n) is 20.2. The molecule has 1 N–H and O–H groups in total. The molecule has 0 aliphatic rings. The third kappa shape index (κ3) is 6.50. The molecule has 0 fully saturated rings. The second-order valence-corrected chi connectivity index (χ2v) is 9.97. The molecule has 1 atom stereocenters. The van der Waals surface area contributed by atoms with Crippen molar-refractivity contribution in [3.05, 3.63) is 70.7 Å². The van der Waals surface area contributed by atoms with Crippen molar-refractivity contribution in [2.24, 2.45) is 0 Å². The highest BCUT2D eigenvalue weighted by Crippen LogP contribution is 2.33. The summed E-state index contributed by atoms with van der Waals surface area (Å²) in [6, 6.07) is 18.5. The van der Waals surface area contributed by atoms with Crippen molar-refractivity contribution < 1.29 is 19.1 Å². The summed E-state index contributed by atoms with van der Waals surface area (Å²) in [4.78, 5) is 27.8. The molecule has 0 heterocycles. The van der Waals surface area contributed by atoms with Gasteiger partial charge in [0.05, 0.1) is 11.6 Å². The van der Waals surface area contributed by atoms with E-state index >= 15 is 0 Å². The molecule has 2 amide bonds. The summed E-state index contributed by atoms with van der Waals surface area (Å²) in [5.74, 6) is 0.739. The van der Waals surface area contributed by atoms with Crippen LogP contribution in [0.4, 0.5) is 0 Å². The highest BCUT2D eigenvalue weighted by molar-refractivity contribution is 9.10. The summed E-state index contributed by atoms with van der Waals surface area (Å²) in [6.45, 7) is 7.50. The fourth-order valence-corrected chi connectivity index (χ4v) is 4.18. The fourth-order valence-electron chi connectivity index (χ4n) is 3.57. The summed E-state index contributed by atoms with van der Waals surface area (Å²) in [6.07, 6.45) is 0. The minimum atomic E-state index is -0.693. The number of methoxy groups -OCH3 is 1. The Morgan fingerprint density at radius 2 is 1.79 bits per heavy atom. The van der Waals surface area contributed by atoms with Gasteiger partial charge in [-0.2, -0.15) is 0 Å². The molecular weight excluding hydrogens is 496 g/mol. The standard InChI is InChI=1S/C27H31BrN2O4/c1-18(26(32)29-27(2,3)4)30(16-19-9-8-11-21(15-19)33-5)24(31)17-34-23-14-13-20-10-6-7-12-22(20)25(23)28/h6-15,18H,16-17H2,1-5H3,(H,29,32)/t18-/m1/s1. The number of rotatable bonds is 8. The summed E-state index contributed by atoms with van der Waals surface area (Å²) in [7, 11) is 1.59. The molecule has 3 rings (SSSR count). The molecule has 0 radical (unpaired) electrons. The van der Waals surface area contributed by atoms with Crippen LogP contribution in [0.2, 0.25) is 0 Å². The van der Waals surface area contributed by atoms with Crippen LogP contribution in [0.3, 0.4) is 0 Å². The first-order chi connectivity index (χ1) is 16.1. The van der Waals surface area contributed by atoms with Gasteiger partial charge in [-0.25, -0.2) is 0 Å². The second-order valence-electron chi connectivity index (χ2n) is 9.18. The van der Waals surface area contributed by atoms with E-state index in [1.165, 1.54) is 4.90 Å². The number of carbonyl (C=O) groups excluding carboxylic acids is 2. The number of halogens is 1. The Balaban J connectivity index is 1.82. The number of nitrogens with zero attached hydrogens (tertiary/aromatic N) is 1. The maximum absolute atomic E-state index is 13.3. The average molecular weight is 527 g/mol.